The lowest BCUT2D eigenvalue weighted by Gasteiger charge is -2.17. The summed E-state index contributed by atoms with van der Waals surface area (Å²) in [5.74, 6) is 0.189. The topological polar surface area (TPSA) is 75.7 Å². The summed E-state index contributed by atoms with van der Waals surface area (Å²) in [6, 6.07) is 10.4. The van der Waals surface area contributed by atoms with Crippen LogP contribution in [0.5, 0.6) is 5.75 Å². The lowest BCUT2D eigenvalue weighted by molar-refractivity contribution is -0.137. The minimum atomic E-state index is -4.64. The Kier molecular flexibility index (Phi) is 5.85. The normalized spacial score (nSPS) is 17.6. The third kappa shape index (κ3) is 4.88. The van der Waals surface area contributed by atoms with Gasteiger partial charge in [-0.2, -0.15) is 13.2 Å². The smallest absolute Gasteiger partial charge is 0.416 e. The molecule has 1 fully saturated rings. The molecule has 1 aliphatic heterocycles. The van der Waals surface area contributed by atoms with Crippen molar-refractivity contribution in [1.82, 2.24) is 4.72 Å². The van der Waals surface area contributed by atoms with Crippen molar-refractivity contribution >= 4 is 21.6 Å². The third-order valence-electron chi connectivity index (χ3n) is 4.62. The molecule has 1 atom stereocenters. The number of carbonyl (C=O) groups is 1. The highest BCUT2D eigenvalue weighted by Crippen LogP contribution is 2.31. The number of hydrogen-bond acceptors (Lipinski definition) is 4. The van der Waals surface area contributed by atoms with Crippen LogP contribution in [0.3, 0.4) is 0 Å². The molecule has 156 valence electrons. The Labute approximate surface area is 166 Å². The standard InChI is InChI=1S/C19H19F3N2O4S/c1-28-16-7-5-15(6-8-16)24-12-13(9-18(24)25)11-23-29(26,27)17-4-2-3-14(10-17)19(20,21)22/h2-8,10,13,23H,9,11-12H2,1H3/t13-/m0/s1. The first-order valence-electron chi connectivity index (χ1n) is 8.71. The van der Waals surface area contributed by atoms with Crippen LogP contribution in [0.4, 0.5) is 18.9 Å². The number of ether oxygens (including phenoxy) is 1. The van der Waals surface area contributed by atoms with Crippen LogP contribution in [0.2, 0.25) is 0 Å². The van der Waals surface area contributed by atoms with Crippen molar-refractivity contribution in [3.05, 3.63) is 54.1 Å². The first-order chi connectivity index (χ1) is 13.6. The highest BCUT2D eigenvalue weighted by atomic mass is 32.2. The van der Waals surface area contributed by atoms with E-state index in [4.69, 9.17) is 4.74 Å². The van der Waals surface area contributed by atoms with Gasteiger partial charge in [0.25, 0.3) is 0 Å². The molecule has 2 aromatic carbocycles. The van der Waals surface area contributed by atoms with Gasteiger partial charge >= 0.3 is 6.18 Å². The van der Waals surface area contributed by atoms with Crippen molar-refractivity contribution in [2.75, 3.05) is 25.1 Å². The Hall–Kier alpha value is -2.59. The molecule has 1 heterocycles. The van der Waals surface area contributed by atoms with Crippen LogP contribution in [0.25, 0.3) is 0 Å². The van der Waals surface area contributed by atoms with Gasteiger partial charge in [-0.05, 0) is 48.4 Å². The third-order valence-corrected chi connectivity index (χ3v) is 6.04. The number of nitrogens with zero attached hydrogens (tertiary/aromatic N) is 1. The Balaban J connectivity index is 1.66. The van der Waals surface area contributed by atoms with Crippen LogP contribution in [-0.4, -0.2) is 34.5 Å². The van der Waals surface area contributed by atoms with E-state index >= 15 is 0 Å². The Morgan fingerprint density at radius 2 is 1.86 bits per heavy atom. The van der Waals surface area contributed by atoms with Crippen LogP contribution in [0.15, 0.2) is 53.4 Å². The molecule has 3 rings (SSSR count). The van der Waals surface area contributed by atoms with E-state index in [1.807, 2.05) is 0 Å². The summed E-state index contributed by atoms with van der Waals surface area (Å²) < 4.78 is 70.6. The van der Waals surface area contributed by atoms with Crippen LogP contribution >= 0.6 is 0 Å². The minimum absolute atomic E-state index is 0.0586. The Bertz CT molecular complexity index is 991. The van der Waals surface area contributed by atoms with Crippen molar-refractivity contribution < 1.29 is 31.1 Å². The highest BCUT2D eigenvalue weighted by molar-refractivity contribution is 7.89. The van der Waals surface area contributed by atoms with Crippen molar-refractivity contribution in [3.8, 4) is 5.75 Å². The van der Waals surface area contributed by atoms with Crippen molar-refractivity contribution in [1.29, 1.82) is 0 Å². The minimum Gasteiger partial charge on any atom is -0.497 e. The summed E-state index contributed by atoms with van der Waals surface area (Å²) >= 11 is 0. The van der Waals surface area contributed by atoms with Gasteiger partial charge in [0.05, 0.1) is 17.6 Å². The number of nitrogens with one attached hydrogen (secondary N) is 1. The molecule has 0 aromatic heterocycles. The molecule has 0 bridgehead atoms. The summed E-state index contributed by atoms with van der Waals surface area (Å²) in [6.45, 7) is 0.243. The van der Waals surface area contributed by atoms with E-state index in [0.29, 0.717) is 24.0 Å². The van der Waals surface area contributed by atoms with Crippen LogP contribution in [0, 0.1) is 5.92 Å². The summed E-state index contributed by atoms with van der Waals surface area (Å²) in [7, 11) is -2.61. The number of alkyl halides is 3. The Morgan fingerprint density at radius 1 is 1.17 bits per heavy atom. The Morgan fingerprint density at radius 3 is 2.48 bits per heavy atom. The molecular weight excluding hydrogens is 409 g/mol. The van der Waals surface area contributed by atoms with E-state index in [1.54, 1.807) is 29.2 Å². The van der Waals surface area contributed by atoms with Gasteiger partial charge in [0.1, 0.15) is 5.75 Å². The van der Waals surface area contributed by atoms with Gasteiger partial charge in [0.15, 0.2) is 0 Å². The number of sulfonamides is 1. The van der Waals surface area contributed by atoms with Crippen molar-refractivity contribution in [2.24, 2.45) is 5.92 Å². The van der Waals surface area contributed by atoms with Gasteiger partial charge < -0.3 is 9.64 Å². The molecule has 1 aliphatic rings. The van der Waals surface area contributed by atoms with Crippen LogP contribution in [-0.2, 0) is 21.0 Å². The fourth-order valence-corrected chi connectivity index (χ4v) is 4.24. The number of carbonyl (C=O) groups excluding carboxylic acids is 1. The monoisotopic (exact) mass is 428 g/mol. The number of methoxy groups -OCH3 is 1. The molecule has 1 N–H and O–H groups in total. The van der Waals surface area contributed by atoms with Gasteiger partial charge in [-0.3, -0.25) is 4.79 Å². The van der Waals surface area contributed by atoms with Gasteiger partial charge in [-0.25, -0.2) is 13.1 Å². The molecule has 0 unspecified atom stereocenters. The number of anilines is 1. The molecule has 2 aromatic rings. The van der Waals surface area contributed by atoms with E-state index in [0.717, 1.165) is 18.2 Å². The largest absolute Gasteiger partial charge is 0.497 e. The SMILES string of the molecule is COc1ccc(N2C[C@H](CNS(=O)(=O)c3cccc(C(F)(F)F)c3)CC2=O)cc1. The maximum atomic E-state index is 12.8. The second-order valence-electron chi connectivity index (χ2n) is 6.65. The molecule has 1 saturated heterocycles. The second kappa shape index (κ2) is 8.03. The number of benzene rings is 2. The maximum absolute atomic E-state index is 12.8. The maximum Gasteiger partial charge on any atom is 0.416 e. The first kappa shape index (κ1) is 21.1. The average Bonchev–Trinajstić information content (AvgIpc) is 3.07. The highest BCUT2D eigenvalue weighted by Gasteiger charge is 2.33. The van der Waals surface area contributed by atoms with E-state index in [9.17, 15) is 26.4 Å². The lowest BCUT2D eigenvalue weighted by atomic mass is 10.1. The van der Waals surface area contributed by atoms with Crippen LogP contribution in [0.1, 0.15) is 12.0 Å². The molecule has 0 radical (unpaired) electrons. The van der Waals surface area contributed by atoms with Crippen LogP contribution < -0.4 is 14.4 Å². The van der Waals surface area contributed by atoms with E-state index in [1.165, 1.54) is 7.11 Å². The number of amides is 1. The summed E-state index contributed by atoms with van der Waals surface area (Å²) in [4.78, 5) is 13.4. The predicted molar refractivity (Wildman–Crippen MR) is 100 cm³/mol. The molecule has 0 aliphatic carbocycles. The zero-order chi connectivity index (χ0) is 21.2. The molecular formula is C19H19F3N2O4S. The number of halogens is 3. The molecule has 29 heavy (non-hydrogen) atoms. The first-order valence-corrected chi connectivity index (χ1v) is 10.2. The van der Waals surface area contributed by atoms with E-state index in [2.05, 4.69) is 4.72 Å². The molecule has 1 amide bonds. The van der Waals surface area contributed by atoms with E-state index < -0.39 is 26.7 Å². The summed E-state index contributed by atoms with van der Waals surface area (Å²) in [5, 5.41) is 0. The number of hydrogen-bond donors (Lipinski definition) is 1. The number of rotatable bonds is 6. The van der Waals surface area contributed by atoms with E-state index in [-0.39, 0.29) is 24.8 Å². The van der Waals surface area contributed by atoms with Gasteiger partial charge in [0, 0.05) is 25.2 Å². The van der Waals surface area contributed by atoms with Gasteiger partial charge in [-0.15, -0.1) is 0 Å². The average molecular weight is 428 g/mol. The van der Waals surface area contributed by atoms with Gasteiger partial charge in [0.2, 0.25) is 15.9 Å². The molecule has 0 spiro atoms. The van der Waals surface area contributed by atoms with Crippen molar-refractivity contribution in [3.63, 3.8) is 0 Å². The predicted octanol–water partition coefficient (Wildman–Crippen LogP) is 3.05. The quantitative estimate of drug-likeness (QED) is 0.768. The van der Waals surface area contributed by atoms with Gasteiger partial charge in [-0.1, -0.05) is 6.07 Å². The zero-order valence-corrected chi connectivity index (χ0v) is 16.3. The van der Waals surface area contributed by atoms with Crippen molar-refractivity contribution in [2.45, 2.75) is 17.5 Å². The fourth-order valence-electron chi connectivity index (χ4n) is 3.08. The molecule has 6 nitrogen and oxygen atoms in total. The molecule has 10 heteroatoms. The lowest BCUT2D eigenvalue weighted by Crippen LogP contribution is -2.31. The summed E-state index contributed by atoms with van der Waals surface area (Å²) in [5.41, 5.74) is -0.374. The second-order valence-corrected chi connectivity index (χ2v) is 8.42. The zero-order valence-electron chi connectivity index (χ0n) is 15.4. The molecule has 0 saturated carbocycles. The fraction of sp³-hybridized carbons (Fsp3) is 0.316. The summed E-state index contributed by atoms with van der Waals surface area (Å²) in [6.07, 6.45) is -4.50.